The second-order valence-corrected chi connectivity index (χ2v) is 9.11. The maximum absolute atomic E-state index is 13.1. The minimum absolute atomic E-state index is 0.189. The van der Waals surface area contributed by atoms with Crippen molar-refractivity contribution in [1.82, 2.24) is 19.9 Å². The van der Waals surface area contributed by atoms with E-state index < -0.39 is 0 Å². The molecule has 7 heteroatoms. The zero-order chi connectivity index (χ0) is 20.3. The first-order valence-electron chi connectivity index (χ1n) is 10.5. The molecule has 1 amide bonds. The number of amides is 1. The lowest BCUT2D eigenvalue weighted by atomic mass is 10.1. The fourth-order valence-corrected chi connectivity index (χ4v) is 4.87. The van der Waals surface area contributed by atoms with Gasteiger partial charge in [0.1, 0.15) is 0 Å². The van der Waals surface area contributed by atoms with Crippen molar-refractivity contribution in [1.29, 1.82) is 0 Å². The van der Waals surface area contributed by atoms with Crippen LogP contribution in [-0.2, 0) is 6.54 Å². The summed E-state index contributed by atoms with van der Waals surface area (Å²) in [6.07, 6.45) is 2.15. The average Bonchev–Trinajstić information content (AvgIpc) is 3.52. The second-order valence-electron chi connectivity index (χ2n) is 7.89. The number of rotatable bonds is 6. The highest BCUT2D eigenvalue weighted by atomic mass is 32.2. The molecular formula is C23H25N5OS. The topological polar surface area (TPSA) is 63.1 Å². The monoisotopic (exact) mass is 419 g/mol. The molecule has 1 N–H and O–H groups in total. The highest BCUT2D eigenvalue weighted by Gasteiger charge is 2.34. The Morgan fingerprint density at radius 2 is 1.87 bits per heavy atom. The highest BCUT2D eigenvalue weighted by Crippen LogP contribution is 2.42. The molecule has 0 radical (unpaired) electrons. The first kappa shape index (κ1) is 19.3. The zero-order valence-corrected chi connectivity index (χ0v) is 17.6. The molecule has 1 aliphatic heterocycles. The van der Waals surface area contributed by atoms with E-state index in [0.29, 0.717) is 11.6 Å². The second kappa shape index (κ2) is 8.62. The van der Waals surface area contributed by atoms with Crippen molar-refractivity contribution in [3.05, 3.63) is 71.5 Å². The first-order chi connectivity index (χ1) is 14.8. The number of aromatic nitrogens is 3. The molecule has 0 unspecified atom stereocenters. The molecule has 2 heterocycles. The predicted molar refractivity (Wildman–Crippen MR) is 120 cm³/mol. The third-order valence-corrected chi connectivity index (χ3v) is 6.52. The molecule has 154 valence electrons. The molecule has 1 aromatic heterocycles. The molecule has 2 aromatic carbocycles. The van der Waals surface area contributed by atoms with Crippen LogP contribution in [-0.4, -0.2) is 50.4 Å². The quantitative estimate of drug-likeness (QED) is 0.656. The van der Waals surface area contributed by atoms with Gasteiger partial charge in [-0.2, -0.15) is 11.8 Å². The van der Waals surface area contributed by atoms with Crippen LogP contribution >= 0.6 is 11.8 Å². The van der Waals surface area contributed by atoms with E-state index in [9.17, 15) is 4.79 Å². The van der Waals surface area contributed by atoms with E-state index in [2.05, 4.69) is 32.7 Å². The lowest BCUT2D eigenvalue weighted by Gasteiger charge is -2.26. The molecule has 0 spiro atoms. The minimum atomic E-state index is -0.189. The summed E-state index contributed by atoms with van der Waals surface area (Å²) in [5, 5.41) is 11.6. The van der Waals surface area contributed by atoms with Gasteiger partial charge in [0, 0.05) is 42.7 Å². The van der Waals surface area contributed by atoms with E-state index >= 15 is 0 Å². The molecule has 1 saturated carbocycles. The molecular weight excluding hydrogens is 394 g/mol. The van der Waals surface area contributed by atoms with E-state index in [1.807, 2.05) is 58.9 Å². The largest absolute Gasteiger partial charge is 0.321 e. The van der Waals surface area contributed by atoms with Gasteiger partial charge in [-0.1, -0.05) is 35.5 Å². The van der Waals surface area contributed by atoms with Gasteiger partial charge >= 0.3 is 0 Å². The Bertz CT molecular complexity index is 1030. The summed E-state index contributed by atoms with van der Waals surface area (Å²) in [4.78, 5) is 15.5. The van der Waals surface area contributed by atoms with Gasteiger partial charge in [0.25, 0.3) is 5.91 Å². The van der Waals surface area contributed by atoms with Crippen LogP contribution < -0.4 is 5.32 Å². The van der Waals surface area contributed by atoms with Crippen molar-refractivity contribution in [2.24, 2.45) is 0 Å². The Morgan fingerprint density at radius 1 is 1.07 bits per heavy atom. The summed E-state index contributed by atoms with van der Waals surface area (Å²) in [5.41, 5.74) is 4.31. The predicted octanol–water partition coefficient (Wildman–Crippen LogP) is 3.95. The number of nitrogens with one attached hydrogen (secondary N) is 1. The van der Waals surface area contributed by atoms with E-state index in [4.69, 9.17) is 0 Å². The number of hydrogen-bond donors (Lipinski definition) is 1. The standard InChI is InChI=1S/C23H25N5OS/c29-23(24-19-6-4-5-17(15-19)16-27-11-13-30-14-12-27)21-22(18-9-10-18)28(26-25-21)20-7-2-1-3-8-20/h1-8,15,18H,9-14,16H2,(H,24,29). The van der Waals surface area contributed by atoms with Crippen molar-refractivity contribution < 1.29 is 4.79 Å². The number of para-hydroxylation sites is 1. The summed E-state index contributed by atoms with van der Waals surface area (Å²) >= 11 is 2.01. The number of carbonyl (C=O) groups is 1. The van der Waals surface area contributed by atoms with Crippen LogP contribution in [0.2, 0.25) is 0 Å². The summed E-state index contributed by atoms with van der Waals surface area (Å²) < 4.78 is 1.82. The minimum Gasteiger partial charge on any atom is -0.321 e. The lowest BCUT2D eigenvalue weighted by Crippen LogP contribution is -2.31. The van der Waals surface area contributed by atoms with Gasteiger partial charge in [-0.05, 0) is 42.7 Å². The summed E-state index contributed by atoms with van der Waals surface area (Å²) in [7, 11) is 0. The van der Waals surface area contributed by atoms with E-state index in [-0.39, 0.29) is 5.91 Å². The fourth-order valence-electron chi connectivity index (χ4n) is 3.89. The maximum atomic E-state index is 13.1. The van der Waals surface area contributed by atoms with Crippen molar-refractivity contribution in [2.45, 2.75) is 25.3 Å². The summed E-state index contributed by atoms with van der Waals surface area (Å²) in [5.74, 6) is 2.55. The summed E-state index contributed by atoms with van der Waals surface area (Å²) in [6, 6.07) is 18.0. The van der Waals surface area contributed by atoms with Crippen LogP contribution in [0.15, 0.2) is 54.6 Å². The number of benzene rings is 2. The average molecular weight is 420 g/mol. The Labute approximate surface area is 180 Å². The van der Waals surface area contributed by atoms with Gasteiger partial charge in [-0.25, -0.2) is 4.68 Å². The van der Waals surface area contributed by atoms with E-state index in [1.165, 1.54) is 17.1 Å². The van der Waals surface area contributed by atoms with Crippen molar-refractivity contribution in [3.63, 3.8) is 0 Å². The normalized spacial score (nSPS) is 17.1. The highest BCUT2D eigenvalue weighted by molar-refractivity contribution is 7.99. The summed E-state index contributed by atoms with van der Waals surface area (Å²) in [6.45, 7) is 3.16. The molecule has 6 nitrogen and oxygen atoms in total. The Balaban J connectivity index is 1.35. The molecule has 1 saturated heterocycles. The molecule has 2 fully saturated rings. The molecule has 0 bridgehead atoms. The molecule has 0 atom stereocenters. The van der Waals surface area contributed by atoms with Gasteiger partial charge < -0.3 is 5.32 Å². The third-order valence-electron chi connectivity index (χ3n) is 5.58. The van der Waals surface area contributed by atoms with Crippen LogP contribution in [0.5, 0.6) is 0 Å². The number of thioether (sulfide) groups is 1. The van der Waals surface area contributed by atoms with Crippen molar-refractivity contribution in [3.8, 4) is 5.69 Å². The van der Waals surface area contributed by atoms with E-state index in [0.717, 1.165) is 49.5 Å². The van der Waals surface area contributed by atoms with Gasteiger partial charge in [0.05, 0.1) is 11.4 Å². The molecule has 3 aromatic rings. The number of anilines is 1. The zero-order valence-electron chi connectivity index (χ0n) is 16.8. The van der Waals surface area contributed by atoms with Crippen LogP contribution in [0.4, 0.5) is 5.69 Å². The van der Waals surface area contributed by atoms with Crippen LogP contribution in [0.25, 0.3) is 5.69 Å². The smallest absolute Gasteiger partial charge is 0.278 e. The van der Waals surface area contributed by atoms with Gasteiger partial charge in [0.2, 0.25) is 0 Å². The Hall–Kier alpha value is -2.64. The lowest BCUT2D eigenvalue weighted by molar-refractivity contribution is 0.102. The first-order valence-corrected chi connectivity index (χ1v) is 11.6. The van der Waals surface area contributed by atoms with Gasteiger partial charge in [0.15, 0.2) is 5.69 Å². The van der Waals surface area contributed by atoms with Gasteiger partial charge in [-0.3, -0.25) is 9.69 Å². The molecule has 2 aliphatic rings. The number of nitrogens with zero attached hydrogens (tertiary/aromatic N) is 4. The van der Waals surface area contributed by atoms with E-state index in [1.54, 1.807) is 0 Å². The number of carbonyl (C=O) groups excluding carboxylic acids is 1. The third kappa shape index (κ3) is 4.27. The number of hydrogen-bond acceptors (Lipinski definition) is 5. The van der Waals surface area contributed by atoms with Crippen LogP contribution in [0, 0.1) is 0 Å². The molecule has 30 heavy (non-hydrogen) atoms. The van der Waals surface area contributed by atoms with Crippen molar-refractivity contribution >= 4 is 23.4 Å². The molecule has 1 aliphatic carbocycles. The fraction of sp³-hybridized carbons (Fsp3) is 0.348. The van der Waals surface area contributed by atoms with Crippen LogP contribution in [0.3, 0.4) is 0 Å². The Kier molecular flexibility index (Phi) is 5.55. The van der Waals surface area contributed by atoms with Gasteiger partial charge in [-0.15, -0.1) is 5.10 Å². The SMILES string of the molecule is O=C(Nc1cccc(CN2CCSCC2)c1)c1nnn(-c2ccccc2)c1C1CC1. The Morgan fingerprint density at radius 3 is 2.63 bits per heavy atom. The maximum Gasteiger partial charge on any atom is 0.278 e. The molecule has 5 rings (SSSR count). The van der Waals surface area contributed by atoms with Crippen molar-refractivity contribution in [2.75, 3.05) is 29.9 Å². The van der Waals surface area contributed by atoms with Crippen LogP contribution in [0.1, 0.15) is 40.5 Å².